The molecule has 0 bridgehead atoms. The maximum atomic E-state index is 12.9. The number of carbonyl (C=O) groups is 1. The predicted molar refractivity (Wildman–Crippen MR) is 135 cm³/mol. The van der Waals surface area contributed by atoms with Crippen LogP contribution in [0.3, 0.4) is 0 Å². The molecule has 0 radical (unpaired) electrons. The summed E-state index contributed by atoms with van der Waals surface area (Å²) in [5.74, 6) is -0.395. The van der Waals surface area contributed by atoms with E-state index in [1.54, 1.807) is 6.08 Å². The number of aryl methyl sites for hydroxylation is 3. The van der Waals surface area contributed by atoms with E-state index in [0.29, 0.717) is 6.04 Å². The van der Waals surface area contributed by atoms with E-state index in [0.717, 1.165) is 33.5 Å². The predicted octanol–water partition coefficient (Wildman–Crippen LogP) is 6.57. The zero-order valence-corrected chi connectivity index (χ0v) is 20.4. The Kier molecular flexibility index (Phi) is 6.32. The fourth-order valence-electron chi connectivity index (χ4n) is 4.76. The highest BCUT2D eigenvalue weighted by atomic mass is 16.1. The van der Waals surface area contributed by atoms with Crippen molar-refractivity contribution >= 4 is 28.9 Å². The van der Waals surface area contributed by atoms with Crippen LogP contribution in [-0.4, -0.2) is 17.5 Å². The summed E-state index contributed by atoms with van der Waals surface area (Å²) < 4.78 is 0. The molecule has 3 rings (SSSR count). The zero-order valence-electron chi connectivity index (χ0n) is 20.4. The topological polar surface area (TPSA) is 56.1 Å². The van der Waals surface area contributed by atoms with Gasteiger partial charge in [-0.1, -0.05) is 23.8 Å². The van der Waals surface area contributed by atoms with Crippen molar-refractivity contribution in [2.45, 2.75) is 67.0 Å². The smallest absolute Gasteiger partial charge is 0.266 e. The third-order valence-electron chi connectivity index (χ3n) is 6.07. The molecule has 1 amide bonds. The molecule has 4 heteroatoms. The van der Waals surface area contributed by atoms with E-state index in [1.807, 2.05) is 39.0 Å². The molecular formula is C28H33N3O. The molecule has 0 fully saturated rings. The molecule has 2 aromatic rings. The minimum absolute atomic E-state index is 0.0847. The van der Waals surface area contributed by atoms with Gasteiger partial charge in [-0.3, -0.25) is 4.79 Å². The number of nitriles is 1. The second kappa shape index (κ2) is 8.67. The van der Waals surface area contributed by atoms with Crippen LogP contribution in [0.4, 0.5) is 11.4 Å². The van der Waals surface area contributed by atoms with Gasteiger partial charge in [-0.15, -0.1) is 0 Å². The van der Waals surface area contributed by atoms with Gasteiger partial charge < -0.3 is 10.2 Å². The van der Waals surface area contributed by atoms with Crippen molar-refractivity contribution in [3.63, 3.8) is 0 Å². The quantitative estimate of drug-likeness (QED) is 0.443. The summed E-state index contributed by atoms with van der Waals surface area (Å²) in [5.41, 5.74) is 8.28. The van der Waals surface area contributed by atoms with E-state index in [2.05, 4.69) is 69.1 Å². The lowest BCUT2D eigenvalue weighted by Gasteiger charge is -2.46. The van der Waals surface area contributed by atoms with Crippen LogP contribution in [0, 0.1) is 32.1 Å². The number of amides is 1. The first-order valence-corrected chi connectivity index (χ1v) is 11.1. The van der Waals surface area contributed by atoms with Gasteiger partial charge in [0.25, 0.3) is 5.91 Å². The highest BCUT2D eigenvalue weighted by Gasteiger charge is 2.33. The van der Waals surface area contributed by atoms with Crippen LogP contribution in [0.15, 0.2) is 42.0 Å². The Bertz CT molecular complexity index is 1180. The first kappa shape index (κ1) is 23.3. The molecule has 166 valence electrons. The summed E-state index contributed by atoms with van der Waals surface area (Å²) in [6, 6.07) is 12.5. The molecule has 0 atom stereocenters. The van der Waals surface area contributed by atoms with Crippen molar-refractivity contribution in [1.29, 1.82) is 5.26 Å². The molecule has 0 saturated heterocycles. The monoisotopic (exact) mass is 427 g/mol. The van der Waals surface area contributed by atoms with Gasteiger partial charge in [-0.25, -0.2) is 0 Å². The maximum Gasteiger partial charge on any atom is 0.266 e. The Morgan fingerprint density at radius 1 is 1.09 bits per heavy atom. The maximum absolute atomic E-state index is 12.9. The molecule has 0 unspecified atom stereocenters. The number of anilines is 2. The van der Waals surface area contributed by atoms with Crippen LogP contribution in [-0.2, 0) is 4.79 Å². The molecule has 1 aliphatic heterocycles. The van der Waals surface area contributed by atoms with Gasteiger partial charge in [-0.05, 0) is 102 Å². The van der Waals surface area contributed by atoms with Gasteiger partial charge in [0.05, 0.1) is 5.54 Å². The van der Waals surface area contributed by atoms with Crippen molar-refractivity contribution in [2.75, 3.05) is 10.2 Å². The van der Waals surface area contributed by atoms with Crippen LogP contribution in [0.1, 0.15) is 62.4 Å². The zero-order chi connectivity index (χ0) is 23.8. The van der Waals surface area contributed by atoms with E-state index in [1.165, 1.54) is 11.3 Å². The molecule has 2 aromatic carbocycles. The van der Waals surface area contributed by atoms with E-state index in [-0.39, 0.29) is 11.1 Å². The number of nitrogens with one attached hydrogen (secondary N) is 1. The van der Waals surface area contributed by atoms with E-state index in [4.69, 9.17) is 0 Å². The summed E-state index contributed by atoms with van der Waals surface area (Å²) in [6.45, 7) is 17.0. The molecule has 0 aromatic heterocycles. The standard InChI is InChI=1S/C28H33N3O/c1-17(2)31-26-12-19(4)22(14-24(26)21(6)15-28(31,7)8)13-23(16-29)27(32)30-25-10-9-18(3)11-20(25)5/h9-15,17H,1-8H3,(H,30,32)/b23-13-. The summed E-state index contributed by atoms with van der Waals surface area (Å²) >= 11 is 0. The van der Waals surface area contributed by atoms with Gasteiger partial charge >= 0.3 is 0 Å². The highest BCUT2D eigenvalue weighted by molar-refractivity contribution is 6.10. The third kappa shape index (κ3) is 4.48. The van der Waals surface area contributed by atoms with Crippen molar-refractivity contribution in [3.05, 3.63) is 69.8 Å². The minimum atomic E-state index is -0.395. The molecule has 32 heavy (non-hydrogen) atoms. The molecule has 1 heterocycles. The molecule has 0 aliphatic carbocycles. The van der Waals surface area contributed by atoms with Crippen LogP contribution in [0.2, 0.25) is 0 Å². The van der Waals surface area contributed by atoms with Gasteiger partial charge in [0.15, 0.2) is 0 Å². The highest BCUT2D eigenvalue weighted by Crippen LogP contribution is 2.41. The van der Waals surface area contributed by atoms with Gasteiger partial charge in [-0.2, -0.15) is 5.26 Å². The normalized spacial score (nSPS) is 15.2. The SMILES string of the molecule is CC1=CC(C)(C)N(C(C)C)c2cc(C)c(/C=C(/C#N)C(=O)Nc3ccc(C)cc3C)cc21. The number of benzene rings is 2. The molecule has 0 spiro atoms. The summed E-state index contributed by atoms with van der Waals surface area (Å²) in [7, 11) is 0. The number of fused-ring (bicyclic) bond motifs is 1. The number of hydrogen-bond acceptors (Lipinski definition) is 3. The Hall–Kier alpha value is -3.32. The number of carbonyl (C=O) groups excluding carboxylic acids is 1. The largest absolute Gasteiger partial charge is 0.360 e. The molecule has 4 nitrogen and oxygen atoms in total. The van der Waals surface area contributed by atoms with Crippen molar-refractivity contribution in [1.82, 2.24) is 0 Å². The van der Waals surface area contributed by atoms with Crippen LogP contribution < -0.4 is 10.2 Å². The first-order valence-electron chi connectivity index (χ1n) is 11.1. The van der Waals surface area contributed by atoms with E-state index >= 15 is 0 Å². The van der Waals surface area contributed by atoms with E-state index < -0.39 is 5.91 Å². The van der Waals surface area contributed by atoms with Crippen molar-refractivity contribution < 1.29 is 4.79 Å². The lowest BCUT2D eigenvalue weighted by Crippen LogP contribution is -2.49. The molecular weight excluding hydrogens is 394 g/mol. The number of rotatable bonds is 4. The fraction of sp³-hybridized carbons (Fsp3) is 0.357. The number of allylic oxidation sites excluding steroid dienone is 1. The molecule has 0 saturated carbocycles. The minimum Gasteiger partial charge on any atom is -0.360 e. The van der Waals surface area contributed by atoms with Gasteiger partial charge in [0.1, 0.15) is 11.6 Å². The Morgan fingerprint density at radius 3 is 2.38 bits per heavy atom. The van der Waals surface area contributed by atoms with Crippen LogP contribution >= 0.6 is 0 Å². The average Bonchev–Trinajstić information content (AvgIpc) is 2.67. The Labute approximate surface area is 192 Å². The Balaban J connectivity index is 2.01. The number of nitrogens with zero attached hydrogens (tertiary/aromatic N) is 2. The average molecular weight is 428 g/mol. The lowest BCUT2D eigenvalue weighted by molar-refractivity contribution is -0.112. The second-order valence-electron chi connectivity index (χ2n) is 9.61. The van der Waals surface area contributed by atoms with Gasteiger partial charge in [0.2, 0.25) is 0 Å². The van der Waals surface area contributed by atoms with Crippen molar-refractivity contribution in [3.8, 4) is 6.07 Å². The first-order chi connectivity index (χ1) is 14.9. The summed E-state index contributed by atoms with van der Waals surface area (Å²) in [4.78, 5) is 15.3. The second-order valence-corrected chi connectivity index (χ2v) is 9.61. The summed E-state index contributed by atoms with van der Waals surface area (Å²) in [6.07, 6.45) is 3.98. The van der Waals surface area contributed by atoms with Crippen molar-refractivity contribution in [2.24, 2.45) is 0 Å². The summed E-state index contributed by atoms with van der Waals surface area (Å²) in [5, 5.41) is 12.6. The van der Waals surface area contributed by atoms with Crippen LogP contribution in [0.5, 0.6) is 0 Å². The fourth-order valence-corrected chi connectivity index (χ4v) is 4.76. The lowest BCUT2D eigenvalue weighted by atomic mass is 9.85. The molecule has 1 aliphatic rings. The van der Waals surface area contributed by atoms with E-state index in [9.17, 15) is 10.1 Å². The van der Waals surface area contributed by atoms with Gasteiger partial charge in [0, 0.05) is 23.0 Å². The number of hydrogen-bond donors (Lipinski definition) is 1. The van der Waals surface area contributed by atoms with Crippen LogP contribution in [0.25, 0.3) is 11.6 Å². The molecule has 1 N–H and O–H groups in total. The Morgan fingerprint density at radius 2 is 1.78 bits per heavy atom. The third-order valence-corrected chi connectivity index (χ3v) is 6.07.